The molecule has 0 spiro atoms. The highest BCUT2D eigenvalue weighted by Gasteiger charge is 2.45. The van der Waals surface area contributed by atoms with E-state index in [0.29, 0.717) is 0 Å². The summed E-state index contributed by atoms with van der Waals surface area (Å²) in [6, 6.07) is 0. The van der Waals surface area contributed by atoms with E-state index < -0.39 is 17.2 Å². The van der Waals surface area contributed by atoms with Crippen LogP contribution in [-0.2, 0) is 9.53 Å². The Morgan fingerprint density at radius 2 is 1.57 bits per heavy atom. The number of hydrogen-bond acceptors (Lipinski definition) is 3. The maximum absolute atomic E-state index is 12.9. The van der Waals surface area contributed by atoms with E-state index in [1.165, 1.54) is 6.42 Å². The average molecular weight is 296 g/mol. The normalized spacial score (nSPS) is 22.0. The van der Waals surface area contributed by atoms with Crippen molar-refractivity contribution in [2.45, 2.75) is 76.9 Å². The van der Waals surface area contributed by atoms with E-state index in [9.17, 15) is 9.59 Å². The highest BCUT2D eigenvalue weighted by Crippen LogP contribution is 2.32. The Morgan fingerprint density at radius 3 is 2.10 bits per heavy atom. The molecule has 0 aromatic rings. The number of nitrogens with zero attached hydrogens (tertiary/aromatic N) is 1. The second-order valence-electron chi connectivity index (χ2n) is 7.27. The molecule has 21 heavy (non-hydrogen) atoms. The van der Waals surface area contributed by atoms with Crippen LogP contribution in [0.25, 0.3) is 0 Å². The Balaban J connectivity index is 2.05. The van der Waals surface area contributed by atoms with Gasteiger partial charge in [-0.2, -0.15) is 0 Å². The molecule has 2 fully saturated rings. The summed E-state index contributed by atoms with van der Waals surface area (Å²) in [7, 11) is 0. The minimum absolute atomic E-state index is 0.0885. The van der Waals surface area contributed by atoms with Crippen LogP contribution in [0.2, 0.25) is 0 Å². The monoisotopic (exact) mass is 296 g/mol. The third kappa shape index (κ3) is 4.11. The van der Waals surface area contributed by atoms with Gasteiger partial charge in [-0.3, -0.25) is 4.79 Å². The van der Waals surface area contributed by atoms with Crippen LogP contribution in [0.3, 0.4) is 0 Å². The average Bonchev–Trinajstić information content (AvgIpc) is 2.86. The van der Waals surface area contributed by atoms with Gasteiger partial charge in [-0.1, -0.05) is 12.8 Å². The molecule has 5 nitrogen and oxygen atoms in total. The number of nitrogens with one attached hydrogen (secondary N) is 1. The Morgan fingerprint density at radius 1 is 1.00 bits per heavy atom. The number of piperidine rings is 1. The molecule has 2 amide bonds. The molecule has 2 aliphatic rings. The van der Waals surface area contributed by atoms with E-state index in [-0.39, 0.29) is 5.91 Å². The van der Waals surface area contributed by atoms with E-state index in [4.69, 9.17) is 4.74 Å². The Kier molecular flexibility index (Phi) is 4.79. The molecule has 1 aliphatic heterocycles. The van der Waals surface area contributed by atoms with Crippen LogP contribution < -0.4 is 5.32 Å². The molecule has 0 aromatic carbocycles. The molecule has 1 heterocycles. The van der Waals surface area contributed by atoms with Crippen LogP contribution in [0.5, 0.6) is 0 Å². The molecule has 0 bridgehead atoms. The molecule has 1 saturated carbocycles. The standard InChI is InChI=1S/C16H28N2O3/c1-15(2,3)21-14(20)17-16(9-5-6-10-16)13(19)18-11-7-4-8-12-18/h4-12H2,1-3H3,(H,17,20). The second-order valence-corrected chi connectivity index (χ2v) is 7.27. The fourth-order valence-corrected chi connectivity index (χ4v) is 3.27. The first-order valence-electron chi connectivity index (χ1n) is 8.13. The molecule has 2 rings (SSSR count). The number of amides is 2. The molecule has 1 aliphatic carbocycles. The van der Waals surface area contributed by atoms with Gasteiger partial charge in [-0.25, -0.2) is 4.79 Å². The maximum atomic E-state index is 12.9. The summed E-state index contributed by atoms with van der Waals surface area (Å²) >= 11 is 0. The van der Waals surface area contributed by atoms with Crippen LogP contribution in [0.1, 0.15) is 65.7 Å². The highest BCUT2D eigenvalue weighted by molar-refractivity contribution is 5.90. The van der Waals surface area contributed by atoms with Crippen molar-refractivity contribution < 1.29 is 14.3 Å². The van der Waals surface area contributed by atoms with Gasteiger partial charge in [-0.15, -0.1) is 0 Å². The summed E-state index contributed by atoms with van der Waals surface area (Å²) in [5.74, 6) is 0.0885. The first-order valence-corrected chi connectivity index (χ1v) is 8.13. The van der Waals surface area contributed by atoms with Gasteiger partial charge in [0.2, 0.25) is 5.91 Å². The molecule has 0 aromatic heterocycles. The van der Waals surface area contributed by atoms with Crippen LogP contribution in [0.15, 0.2) is 0 Å². The number of carbonyl (C=O) groups is 2. The number of carbonyl (C=O) groups excluding carboxylic acids is 2. The molecule has 120 valence electrons. The van der Waals surface area contributed by atoms with Crippen LogP contribution in [0, 0.1) is 0 Å². The summed E-state index contributed by atoms with van der Waals surface area (Å²) in [5, 5.41) is 2.89. The first-order chi connectivity index (χ1) is 9.82. The van der Waals surface area contributed by atoms with Crippen molar-refractivity contribution in [2.75, 3.05) is 13.1 Å². The van der Waals surface area contributed by atoms with Gasteiger partial charge in [0, 0.05) is 13.1 Å². The molecular formula is C16H28N2O3. The number of rotatable bonds is 2. The quantitative estimate of drug-likeness (QED) is 0.852. The Bertz CT molecular complexity index is 389. The fourth-order valence-electron chi connectivity index (χ4n) is 3.27. The SMILES string of the molecule is CC(C)(C)OC(=O)NC1(C(=O)N2CCCCC2)CCCC1. The predicted molar refractivity (Wildman–Crippen MR) is 81.0 cm³/mol. The zero-order chi connectivity index (χ0) is 15.5. The van der Waals surface area contributed by atoms with E-state index >= 15 is 0 Å². The van der Waals surface area contributed by atoms with Gasteiger partial charge in [0.05, 0.1) is 0 Å². The number of likely N-dealkylation sites (tertiary alicyclic amines) is 1. The van der Waals surface area contributed by atoms with Gasteiger partial charge in [-0.05, 0) is 52.9 Å². The van der Waals surface area contributed by atoms with Crippen LogP contribution in [-0.4, -0.2) is 41.1 Å². The number of hydrogen-bond donors (Lipinski definition) is 1. The minimum atomic E-state index is -0.736. The smallest absolute Gasteiger partial charge is 0.408 e. The molecule has 5 heteroatoms. The van der Waals surface area contributed by atoms with Crippen molar-refractivity contribution in [3.05, 3.63) is 0 Å². The lowest BCUT2D eigenvalue weighted by Gasteiger charge is -2.37. The maximum Gasteiger partial charge on any atom is 0.408 e. The summed E-state index contributed by atoms with van der Waals surface area (Å²) < 4.78 is 5.34. The number of alkyl carbamates (subject to hydrolysis) is 1. The van der Waals surface area contributed by atoms with Crippen LogP contribution >= 0.6 is 0 Å². The van der Waals surface area contributed by atoms with Gasteiger partial charge in [0.25, 0.3) is 0 Å². The Hall–Kier alpha value is -1.26. The largest absolute Gasteiger partial charge is 0.444 e. The third-order valence-corrected chi connectivity index (χ3v) is 4.25. The Labute approximate surface area is 127 Å². The topological polar surface area (TPSA) is 58.6 Å². The fraction of sp³-hybridized carbons (Fsp3) is 0.875. The van der Waals surface area contributed by atoms with Crippen LogP contribution in [0.4, 0.5) is 4.79 Å². The van der Waals surface area contributed by atoms with Gasteiger partial charge in [0.15, 0.2) is 0 Å². The summed E-state index contributed by atoms with van der Waals surface area (Å²) in [6.45, 7) is 7.13. The minimum Gasteiger partial charge on any atom is -0.444 e. The van der Waals surface area contributed by atoms with E-state index in [1.54, 1.807) is 0 Å². The summed E-state index contributed by atoms with van der Waals surface area (Å²) in [5.41, 5.74) is -1.28. The van der Waals surface area contributed by atoms with Crippen molar-refractivity contribution in [1.82, 2.24) is 10.2 Å². The lowest BCUT2D eigenvalue weighted by molar-refractivity contribution is -0.139. The summed E-state index contributed by atoms with van der Waals surface area (Å²) in [4.78, 5) is 26.9. The molecule has 0 unspecified atom stereocenters. The second kappa shape index (κ2) is 6.24. The lowest BCUT2D eigenvalue weighted by Crippen LogP contribution is -2.59. The number of ether oxygens (including phenoxy) is 1. The summed E-state index contributed by atoms with van der Waals surface area (Å²) in [6.07, 6.45) is 6.25. The molecular weight excluding hydrogens is 268 g/mol. The van der Waals surface area contributed by atoms with Crippen molar-refractivity contribution in [3.63, 3.8) is 0 Å². The van der Waals surface area contributed by atoms with Gasteiger partial charge < -0.3 is 15.0 Å². The first kappa shape index (κ1) is 16.1. The highest BCUT2D eigenvalue weighted by atomic mass is 16.6. The van der Waals surface area contributed by atoms with Crippen molar-refractivity contribution >= 4 is 12.0 Å². The van der Waals surface area contributed by atoms with E-state index in [0.717, 1.165) is 51.6 Å². The van der Waals surface area contributed by atoms with Crippen molar-refractivity contribution in [2.24, 2.45) is 0 Å². The molecule has 0 radical (unpaired) electrons. The predicted octanol–water partition coefficient (Wildman–Crippen LogP) is 2.84. The van der Waals surface area contributed by atoms with E-state index in [1.807, 2.05) is 25.7 Å². The van der Waals surface area contributed by atoms with Crippen molar-refractivity contribution in [1.29, 1.82) is 0 Å². The van der Waals surface area contributed by atoms with Gasteiger partial charge >= 0.3 is 6.09 Å². The zero-order valence-electron chi connectivity index (χ0n) is 13.5. The van der Waals surface area contributed by atoms with E-state index in [2.05, 4.69) is 5.32 Å². The third-order valence-electron chi connectivity index (χ3n) is 4.25. The molecule has 1 N–H and O–H groups in total. The molecule has 0 atom stereocenters. The lowest BCUT2D eigenvalue weighted by atomic mass is 9.94. The van der Waals surface area contributed by atoms with Crippen molar-refractivity contribution in [3.8, 4) is 0 Å². The zero-order valence-corrected chi connectivity index (χ0v) is 13.5. The van der Waals surface area contributed by atoms with Gasteiger partial charge in [0.1, 0.15) is 11.1 Å². The molecule has 1 saturated heterocycles.